The molecule has 1 saturated carbocycles. The Morgan fingerprint density at radius 3 is 2.69 bits per heavy atom. The second-order valence-electron chi connectivity index (χ2n) is 7.66. The third-order valence-electron chi connectivity index (χ3n) is 5.62. The topological polar surface area (TPSA) is 102 Å². The molecule has 2 N–H and O–H groups in total. The molecular weight excluding hydrogens is 409 g/mol. The molecule has 0 bridgehead atoms. The van der Waals surface area contributed by atoms with Gasteiger partial charge >= 0.3 is 6.18 Å². The summed E-state index contributed by atoms with van der Waals surface area (Å²) in [5, 5.41) is 14.0. The molecule has 0 radical (unpaired) electrons. The SMILES string of the molecule is N#C[C@H](C[C@@H]1CCCC1=O)NC(=O)[C@@H]1CS[C@H]2CC[C@H](NCC(F)(F)F)C(=O)N21. The third kappa shape index (κ3) is 5.22. The van der Waals surface area contributed by atoms with Crippen LogP contribution in [0.5, 0.6) is 0 Å². The maximum Gasteiger partial charge on any atom is 0.401 e. The summed E-state index contributed by atoms with van der Waals surface area (Å²) >= 11 is 1.42. The van der Waals surface area contributed by atoms with Crippen molar-refractivity contribution >= 4 is 29.4 Å². The quantitative estimate of drug-likeness (QED) is 0.657. The Morgan fingerprint density at radius 1 is 1.31 bits per heavy atom. The van der Waals surface area contributed by atoms with Gasteiger partial charge in [-0.15, -0.1) is 11.8 Å². The number of nitrogens with one attached hydrogen (secondary N) is 2. The monoisotopic (exact) mass is 432 g/mol. The van der Waals surface area contributed by atoms with Gasteiger partial charge in [0.25, 0.3) is 0 Å². The van der Waals surface area contributed by atoms with Crippen molar-refractivity contribution in [2.75, 3.05) is 12.3 Å². The summed E-state index contributed by atoms with van der Waals surface area (Å²) in [6.07, 6.45) is -1.43. The first kappa shape index (κ1) is 21.9. The van der Waals surface area contributed by atoms with E-state index in [1.807, 2.05) is 6.07 Å². The Balaban J connectivity index is 1.60. The summed E-state index contributed by atoms with van der Waals surface area (Å²) in [6, 6.07) is -0.647. The molecule has 3 fully saturated rings. The number of halogens is 3. The number of rotatable bonds is 6. The minimum Gasteiger partial charge on any atom is -0.339 e. The lowest BCUT2D eigenvalue weighted by Crippen LogP contribution is -2.59. The fourth-order valence-electron chi connectivity index (χ4n) is 4.16. The molecule has 0 unspecified atom stereocenters. The van der Waals surface area contributed by atoms with Gasteiger partial charge < -0.3 is 10.2 Å². The summed E-state index contributed by atoms with van der Waals surface area (Å²) in [4.78, 5) is 38.6. The predicted molar refractivity (Wildman–Crippen MR) is 98.5 cm³/mol. The summed E-state index contributed by atoms with van der Waals surface area (Å²) < 4.78 is 37.4. The molecular formula is C18H23F3N4O3S. The molecule has 11 heteroatoms. The number of thioether (sulfide) groups is 1. The van der Waals surface area contributed by atoms with E-state index in [-0.39, 0.29) is 29.9 Å². The first-order valence-corrected chi connectivity index (χ1v) is 10.7. The van der Waals surface area contributed by atoms with Gasteiger partial charge in [-0.3, -0.25) is 19.7 Å². The number of piperidine rings is 1. The third-order valence-corrected chi connectivity index (χ3v) is 6.98. The smallest absolute Gasteiger partial charge is 0.339 e. The number of carbonyl (C=O) groups is 3. The first-order valence-electron chi connectivity index (χ1n) is 9.66. The van der Waals surface area contributed by atoms with Crippen LogP contribution in [0.4, 0.5) is 13.2 Å². The predicted octanol–water partition coefficient (Wildman–Crippen LogP) is 1.34. The lowest BCUT2D eigenvalue weighted by Gasteiger charge is -2.37. The van der Waals surface area contributed by atoms with Crippen LogP contribution in [0.25, 0.3) is 0 Å². The second kappa shape index (κ2) is 8.92. The van der Waals surface area contributed by atoms with E-state index in [0.29, 0.717) is 25.0 Å². The number of hydrogen-bond acceptors (Lipinski definition) is 6. The van der Waals surface area contributed by atoms with Gasteiger partial charge in [-0.2, -0.15) is 18.4 Å². The number of amides is 2. The molecule has 160 valence electrons. The number of Topliss-reactive ketones (excluding diaryl/α,β-unsaturated/α-hetero) is 1. The van der Waals surface area contributed by atoms with E-state index in [9.17, 15) is 32.8 Å². The van der Waals surface area contributed by atoms with Crippen LogP contribution < -0.4 is 10.6 Å². The van der Waals surface area contributed by atoms with E-state index in [2.05, 4.69) is 10.6 Å². The van der Waals surface area contributed by atoms with Crippen LogP contribution in [0, 0.1) is 17.2 Å². The first-order chi connectivity index (χ1) is 13.7. The highest BCUT2D eigenvalue weighted by molar-refractivity contribution is 8.00. The highest BCUT2D eigenvalue weighted by Gasteiger charge is 2.47. The lowest BCUT2D eigenvalue weighted by molar-refractivity contribution is -0.147. The number of alkyl halides is 3. The van der Waals surface area contributed by atoms with Crippen molar-refractivity contribution in [2.45, 2.75) is 68.2 Å². The lowest BCUT2D eigenvalue weighted by atomic mass is 9.97. The van der Waals surface area contributed by atoms with Gasteiger partial charge in [0.1, 0.15) is 17.9 Å². The minimum atomic E-state index is -4.43. The van der Waals surface area contributed by atoms with Crippen LogP contribution >= 0.6 is 11.8 Å². The highest BCUT2D eigenvalue weighted by atomic mass is 32.2. The number of nitrogens with zero attached hydrogens (tertiary/aromatic N) is 2. The van der Waals surface area contributed by atoms with Crippen molar-refractivity contribution in [3.8, 4) is 6.07 Å². The maximum atomic E-state index is 12.7. The van der Waals surface area contributed by atoms with E-state index in [1.54, 1.807) is 0 Å². The summed E-state index contributed by atoms with van der Waals surface area (Å²) in [5.74, 6) is -0.828. The van der Waals surface area contributed by atoms with Gasteiger partial charge in [0, 0.05) is 18.1 Å². The van der Waals surface area contributed by atoms with E-state index in [4.69, 9.17) is 0 Å². The average molecular weight is 432 g/mol. The molecule has 29 heavy (non-hydrogen) atoms. The number of fused-ring (bicyclic) bond motifs is 1. The molecule has 3 aliphatic rings. The number of carbonyl (C=O) groups excluding carboxylic acids is 3. The van der Waals surface area contributed by atoms with Crippen molar-refractivity contribution in [1.29, 1.82) is 5.26 Å². The van der Waals surface area contributed by atoms with Gasteiger partial charge in [-0.25, -0.2) is 0 Å². The van der Waals surface area contributed by atoms with Crippen molar-refractivity contribution in [2.24, 2.45) is 5.92 Å². The zero-order valence-electron chi connectivity index (χ0n) is 15.7. The second-order valence-corrected chi connectivity index (χ2v) is 8.87. The molecule has 0 aromatic rings. The molecule has 5 atom stereocenters. The van der Waals surface area contributed by atoms with E-state index >= 15 is 0 Å². The Hall–Kier alpha value is -1.80. The molecule has 7 nitrogen and oxygen atoms in total. The molecule has 2 aliphatic heterocycles. The van der Waals surface area contributed by atoms with Crippen LogP contribution in [0.2, 0.25) is 0 Å². The van der Waals surface area contributed by atoms with Gasteiger partial charge in [-0.05, 0) is 32.1 Å². The van der Waals surface area contributed by atoms with Crippen molar-refractivity contribution in [3.05, 3.63) is 0 Å². The van der Waals surface area contributed by atoms with Crippen molar-refractivity contribution in [1.82, 2.24) is 15.5 Å². The van der Waals surface area contributed by atoms with E-state index < -0.39 is 42.7 Å². The van der Waals surface area contributed by atoms with E-state index in [0.717, 1.165) is 6.42 Å². The maximum absolute atomic E-state index is 12.7. The van der Waals surface area contributed by atoms with Crippen LogP contribution in [-0.4, -0.2) is 64.5 Å². The Kier molecular flexibility index (Phi) is 6.73. The largest absolute Gasteiger partial charge is 0.401 e. The zero-order valence-corrected chi connectivity index (χ0v) is 16.5. The van der Waals surface area contributed by atoms with Gasteiger partial charge in [-0.1, -0.05) is 0 Å². The molecule has 0 aromatic heterocycles. The Labute approximate surface area is 170 Å². The Morgan fingerprint density at radius 2 is 2.07 bits per heavy atom. The number of ketones is 1. The van der Waals surface area contributed by atoms with Crippen LogP contribution in [-0.2, 0) is 14.4 Å². The normalized spacial score (nSPS) is 30.8. The summed E-state index contributed by atoms with van der Waals surface area (Å²) in [7, 11) is 0. The van der Waals surface area contributed by atoms with Crippen molar-refractivity contribution in [3.63, 3.8) is 0 Å². The number of hydrogen-bond donors (Lipinski definition) is 2. The summed E-state index contributed by atoms with van der Waals surface area (Å²) in [6.45, 7) is -1.27. The fraction of sp³-hybridized carbons (Fsp3) is 0.778. The van der Waals surface area contributed by atoms with Crippen LogP contribution in [0.15, 0.2) is 0 Å². The van der Waals surface area contributed by atoms with Crippen LogP contribution in [0.1, 0.15) is 38.5 Å². The minimum absolute atomic E-state index is 0.0979. The van der Waals surface area contributed by atoms with Gasteiger partial charge in [0.05, 0.1) is 24.0 Å². The molecule has 3 rings (SSSR count). The van der Waals surface area contributed by atoms with Crippen molar-refractivity contribution < 1.29 is 27.6 Å². The average Bonchev–Trinajstić information content (AvgIpc) is 3.26. The zero-order chi connectivity index (χ0) is 21.2. The van der Waals surface area contributed by atoms with Gasteiger partial charge in [0.15, 0.2) is 0 Å². The highest BCUT2D eigenvalue weighted by Crippen LogP contribution is 2.37. The molecule has 0 aromatic carbocycles. The molecule has 1 aliphatic carbocycles. The van der Waals surface area contributed by atoms with E-state index in [1.165, 1.54) is 16.7 Å². The Bertz CT molecular complexity index is 711. The molecule has 2 heterocycles. The van der Waals surface area contributed by atoms with Crippen LogP contribution in [0.3, 0.4) is 0 Å². The molecule has 2 amide bonds. The number of nitriles is 1. The standard InChI is InChI=1S/C18H23F3N4O3S/c19-18(20,21)9-23-12-4-5-15-25(17(12)28)13(8-29-15)16(27)24-11(7-22)6-10-2-1-3-14(10)26/h10-13,15,23H,1-6,8-9H2,(H,24,27)/t10-,11-,12-,13-,15-/m0/s1. The van der Waals surface area contributed by atoms with Gasteiger partial charge in [0.2, 0.25) is 11.8 Å². The summed E-state index contributed by atoms with van der Waals surface area (Å²) in [5.41, 5.74) is 0. The molecule has 2 saturated heterocycles. The fourth-order valence-corrected chi connectivity index (χ4v) is 5.59. The molecule has 0 spiro atoms.